The number of hydrogen-bond acceptors (Lipinski definition) is 1. The topological polar surface area (TPSA) is 22.0 Å². The average Bonchev–Trinajstić information content (AvgIpc) is 3.12. The molecule has 2 aromatic carbocycles. The maximum absolute atomic E-state index is 14.9. The quantitative estimate of drug-likeness (QED) is 0.339. The van der Waals surface area contributed by atoms with Gasteiger partial charge in [-0.2, -0.15) is 0 Å². The van der Waals surface area contributed by atoms with Crippen LogP contribution in [-0.2, 0) is 5.41 Å². The Morgan fingerprint density at radius 2 is 1.84 bits per heavy atom. The second-order valence-corrected chi connectivity index (χ2v) is 9.15. The summed E-state index contributed by atoms with van der Waals surface area (Å²) in [5, 5.41) is 1.82. The van der Waals surface area contributed by atoms with Crippen molar-refractivity contribution >= 4 is 42.6 Å². The zero-order valence-electron chi connectivity index (χ0n) is 13.6. The molecule has 0 N–H and O–H groups in total. The van der Waals surface area contributed by atoms with Crippen molar-refractivity contribution in [2.24, 2.45) is 0 Å². The van der Waals surface area contributed by atoms with E-state index in [9.17, 15) is 13.6 Å². The molecule has 0 aliphatic carbocycles. The molecule has 2 aromatic heterocycles. The molecule has 0 spiro atoms. The third-order valence-electron chi connectivity index (χ3n) is 5.19. The Balaban J connectivity index is 2.12. The van der Waals surface area contributed by atoms with E-state index in [0.29, 0.717) is 5.56 Å². The van der Waals surface area contributed by atoms with Crippen LogP contribution in [0.1, 0.15) is 34.2 Å². The van der Waals surface area contributed by atoms with Crippen molar-refractivity contribution in [1.82, 2.24) is 4.57 Å². The Morgan fingerprint density at radius 1 is 1.08 bits per heavy atom. The molecule has 0 atom stereocenters. The van der Waals surface area contributed by atoms with E-state index in [0.717, 1.165) is 42.7 Å². The van der Waals surface area contributed by atoms with Gasteiger partial charge in [0.1, 0.15) is 0 Å². The van der Waals surface area contributed by atoms with Gasteiger partial charge in [-0.3, -0.25) is 0 Å². The van der Waals surface area contributed by atoms with E-state index in [1.165, 1.54) is 18.2 Å². The predicted octanol–water partition coefficient (Wildman–Crippen LogP) is 4.57. The number of benzene rings is 2. The molecule has 4 aromatic rings. The molecule has 124 valence electrons. The zero-order chi connectivity index (χ0) is 17.5. The molecule has 0 bridgehead atoms. The van der Waals surface area contributed by atoms with Gasteiger partial charge in [0.2, 0.25) is 0 Å². The van der Waals surface area contributed by atoms with Crippen molar-refractivity contribution in [3.05, 3.63) is 63.6 Å². The summed E-state index contributed by atoms with van der Waals surface area (Å²) in [6.07, 6.45) is 0.874. The van der Waals surface area contributed by atoms with Gasteiger partial charge in [0.25, 0.3) is 0 Å². The average molecular weight is 400 g/mol. The number of carbonyl (C=O) groups is 1. The van der Waals surface area contributed by atoms with E-state index in [2.05, 4.69) is 0 Å². The Morgan fingerprint density at radius 3 is 2.60 bits per heavy atom. The summed E-state index contributed by atoms with van der Waals surface area (Å²) in [5.74, 6) is -0.594. The fourth-order valence-corrected chi connectivity index (χ4v) is 6.49. The van der Waals surface area contributed by atoms with Gasteiger partial charge in [-0.05, 0) is 0 Å². The summed E-state index contributed by atoms with van der Waals surface area (Å²) in [6, 6.07) is 9.82. The number of halogens is 2. The van der Waals surface area contributed by atoms with Gasteiger partial charge in [0.05, 0.1) is 0 Å². The zero-order valence-corrected chi connectivity index (χ0v) is 15.3. The van der Waals surface area contributed by atoms with E-state index in [-0.39, 0.29) is 26.1 Å². The maximum atomic E-state index is 14.9. The van der Waals surface area contributed by atoms with Crippen LogP contribution in [0.4, 0.5) is 8.78 Å². The second kappa shape index (κ2) is 4.69. The first-order valence-electron chi connectivity index (χ1n) is 7.96. The second-order valence-electron chi connectivity index (χ2n) is 6.93. The van der Waals surface area contributed by atoms with E-state index >= 15 is 0 Å². The van der Waals surface area contributed by atoms with Crippen LogP contribution >= 0.6 is 0 Å². The van der Waals surface area contributed by atoms with E-state index in [1.807, 2.05) is 24.5 Å². The summed E-state index contributed by atoms with van der Waals surface area (Å²) >= 11 is -0.177. The molecule has 0 saturated heterocycles. The summed E-state index contributed by atoms with van der Waals surface area (Å²) in [5.41, 5.74) is 2.54. The van der Waals surface area contributed by atoms with Gasteiger partial charge in [0.15, 0.2) is 0 Å². The van der Waals surface area contributed by atoms with Gasteiger partial charge >= 0.3 is 148 Å². The first-order chi connectivity index (χ1) is 11.9. The van der Waals surface area contributed by atoms with Crippen LogP contribution in [0.5, 0.6) is 0 Å². The van der Waals surface area contributed by atoms with Crippen LogP contribution in [-0.4, -0.2) is 25.4 Å². The van der Waals surface area contributed by atoms with Crippen molar-refractivity contribution in [2.75, 3.05) is 0 Å². The van der Waals surface area contributed by atoms with Crippen LogP contribution in [0.25, 0.3) is 26.4 Å². The molecule has 0 amide bonds. The number of hydrogen-bond donors (Lipinski definition) is 0. The molecule has 1 aliphatic heterocycles. The minimum atomic E-state index is -0.547. The summed E-state index contributed by atoms with van der Waals surface area (Å²) < 4.78 is 32.5. The van der Waals surface area contributed by atoms with Crippen molar-refractivity contribution < 1.29 is 13.6 Å². The third kappa shape index (κ3) is 1.75. The van der Waals surface area contributed by atoms with Crippen molar-refractivity contribution in [1.29, 1.82) is 0 Å². The molecular weight excluding hydrogens is 387 g/mol. The van der Waals surface area contributed by atoms with Crippen LogP contribution < -0.4 is 0 Å². The summed E-state index contributed by atoms with van der Waals surface area (Å²) in [4.78, 5) is 11.4. The third-order valence-corrected chi connectivity index (χ3v) is 7.38. The molecular formula is C20H13F2NOSe. The molecule has 1 aliphatic rings. The van der Waals surface area contributed by atoms with Gasteiger partial charge in [0, 0.05) is 0 Å². The Hall–Kier alpha value is -2.23. The number of aldehydes is 1. The van der Waals surface area contributed by atoms with Crippen LogP contribution in [0.15, 0.2) is 36.4 Å². The molecule has 0 fully saturated rings. The van der Waals surface area contributed by atoms with E-state index < -0.39 is 5.41 Å². The fourth-order valence-electron chi connectivity index (χ4n) is 4.07. The van der Waals surface area contributed by atoms with Crippen LogP contribution in [0, 0.1) is 11.6 Å². The van der Waals surface area contributed by atoms with Gasteiger partial charge < -0.3 is 0 Å². The van der Waals surface area contributed by atoms with Gasteiger partial charge in [-0.1, -0.05) is 0 Å². The number of rotatable bonds is 1. The fraction of sp³-hybridized carbons (Fsp3) is 0.150. The normalized spacial score (nSPS) is 14.9. The van der Waals surface area contributed by atoms with Crippen molar-refractivity contribution in [3.8, 4) is 4.56 Å². The molecule has 0 unspecified atom stereocenters. The van der Waals surface area contributed by atoms with Crippen molar-refractivity contribution in [2.45, 2.75) is 19.3 Å². The van der Waals surface area contributed by atoms with E-state index in [4.69, 9.17) is 0 Å². The molecule has 5 heteroatoms. The minimum absolute atomic E-state index is 0.177. The number of nitrogens with zero attached hydrogens (tertiary/aromatic N) is 1. The van der Waals surface area contributed by atoms with E-state index in [1.54, 1.807) is 12.1 Å². The standard InChI is InChI=1S/C20H13F2NOSe/c1-20(2)14-8-11(9-24)25-19(14)23-16-7-10(21)3-4-12(16)13-5-6-15(22)17(20)18(13)23/h3-9H,1-2H3. The Kier molecular flexibility index (Phi) is 2.82. The van der Waals surface area contributed by atoms with Crippen LogP contribution in [0.2, 0.25) is 0 Å². The van der Waals surface area contributed by atoms with Gasteiger partial charge in [-0.25, -0.2) is 0 Å². The molecule has 3 heterocycles. The first-order valence-corrected chi connectivity index (χ1v) is 9.67. The molecule has 5 rings (SSSR count). The monoisotopic (exact) mass is 401 g/mol. The number of carbonyl (C=O) groups excluding carboxylic acids is 1. The molecule has 25 heavy (non-hydrogen) atoms. The summed E-state index contributed by atoms with van der Waals surface area (Å²) in [6.45, 7) is 3.98. The first kappa shape index (κ1) is 15.1. The molecule has 2 nitrogen and oxygen atoms in total. The Labute approximate surface area is 148 Å². The number of fused-ring (bicyclic) bond motifs is 5. The Bertz CT molecular complexity index is 1220. The molecule has 0 radical (unpaired) electrons. The molecule has 0 saturated carbocycles. The summed E-state index contributed by atoms with van der Waals surface area (Å²) in [7, 11) is 0. The van der Waals surface area contributed by atoms with Gasteiger partial charge in [-0.15, -0.1) is 0 Å². The van der Waals surface area contributed by atoms with Crippen molar-refractivity contribution in [3.63, 3.8) is 0 Å². The van der Waals surface area contributed by atoms with Crippen LogP contribution in [0.3, 0.4) is 0 Å². The number of aromatic nitrogens is 1. The SMILES string of the molecule is CC1(C)c2cc(C=O)[se]c2-n2c3cc(F)ccc3c3ccc(F)c1c32. The predicted molar refractivity (Wildman–Crippen MR) is 95.2 cm³/mol.